The maximum atomic E-state index is 6.16. The van der Waals surface area contributed by atoms with Gasteiger partial charge in [0.1, 0.15) is 5.82 Å². The van der Waals surface area contributed by atoms with E-state index in [1.165, 1.54) is 32.4 Å². The van der Waals surface area contributed by atoms with Gasteiger partial charge in [-0.2, -0.15) is 0 Å². The Labute approximate surface area is 129 Å². The van der Waals surface area contributed by atoms with Crippen LogP contribution in [0.2, 0.25) is 0 Å². The van der Waals surface area contributed by atoms with Gasteiger partial charge in [-0.15, -0.1) is 0 Å². The van der Waals surface area contributed by atoms with Gasteiger partial charge < -0.3 is 11.1 Å². The molecule has 4 nitrogen and oxygen atoms in total. The molecule has 2 heterocycles. The third-order valence-corrected chi connectivity index (χ3v) is 5.01. The molecule has 118 valence electrons. The summed E-state index contributed by atoms with van der Waals surface area (Å²) in [6.07, 6.45) is 6.83. The number of nitrogens with two attached hydrogens (primary N) is 1. The third kappa shape index (κ3) is 3.38. The summed E-state index contributed by atoms with van der Waals surface area (Å²) in [6.45, 7) is 10.1. The fraction of sp³-hybridized carbons (Fsp3) is 0.706. The van der Waals surface area contributed by atoms with Crippen molar-refractivity contribution in [1.29, 1.82) is 0 Å². The first kappa shape index (κ1) is 16.2. The normalized spacial score (nSPS) is 20.9. The van der Waals surface area contributed by atoms with Crippen LogP contribution in [0.5, 0.6) is 0 Å². The van der Waals surface area contributed by atoms with Crippen LogP contribution in [0.1, 0.15) is 58.1 Å². The summed E-state index contributed by atoms with van der Waals surface area (Å²) in [5, 5.41) is 3.67. The van der Waals surface area contributed by atoms with E-state index in [9.17, 15) is 0 Å². The predicted molar refractivity (Wildman–Crippen MR) is 89.2 cm³/mol. The highest BCUT2D eigenvalue weighted by Gasteiger charge is 2.40. The molecule has 4 heteroatoms. The molecule has 2 unspecified atom stereocenters. The Morgan fingerprint density at radius 1 is 1.33 bits per heavy atom. The summed E-state index contributed by atoms with van der Waals surface area (Å²) in [4.78, 5) is 6.94. The van der Waals surface area contributed by atoms with Crippen molar-refractivity contribution in [3.63, 3.8) is 0 Å². The van der Waals surface area contributed by atoms with E-state index >= 15 is 0 Å². The predicted octanol–water partition coefficient (Wildman–Crippen LogP) is 2.97. The third-order valence-electron chi connectivity index (χ3n) is 5.01. The highest BCUT2D eigenvalue weighted by molar-refractivity contribution is 5.42. The van der Waals surface area contributed by atoms with Gasteiger partial charge in [0, 0.05) is 17.3 Å². The van der Waals surface area contributed by atoms with Crippen LogP contribution in [0.3, 0.4) is 0 Å². The summed E-state index contributed by atoms with van der Waals surface area (Å²) in [7, 11) is 0. The van der Waals surface area contributed by atoms with Crippen LogP contribution in [0.25, 0.3) is 0 Å². The number of hydrogen-bond donors (Lipinski definition) is 2. The topological polar surface area (TPSA) is 54.2 Å². The molecule has 0 spiro atoms. The number of aromatic nitrogens is 1. The number of likely N-dealkylation sites (tertiary alicyclic amines) is 1. The number of rotatable bonds is 6. The van der Waals surface area contributed by atoms with E-state index in [2.05, 4.69) is 42.0 Å². The average molecular weight is 290 g/mol. The van der Waals surface area contributed by atoms with E-state index in [0.717, 1.165) is 18.5 Å². The molecule has 1 aromatic rings. The Hall–Kier alpha value is -1.13. The Morgan fingerprint density at radius 3 is 2.62 bits per heavy atom. The standard InChI is InChI=1S/C17H30N4/c1-4-17(3,21-12-7-6-8-13-21)15(19-5-2)14-10-9-11-20-16(14)18/h9-11,15,19H,4-8,12-13H2,1-3H3,(H2,18,20). The zero-order valence-electron chi connectivity index (χ0n) is 13.7. The van der Waals surface area contributed by atoms with Crippen molar-refractivity contribution in [1.82, 2.24) is 15.2 Å². The smallest absolute Gasteiger partial charge is 0.128 e. The van der Waals surface area contributed by atoms with E-state index < -0.39 is 0 Å². The van der Waals surface area contributed by atoms with Crippen molar-refractivity contribution >= 4 is 5.82 Å². The van der Waals surface area contributed by atoms with E-state index in [-0.39, 0.29) is 11.6 Å². The second-order valence-electron chi connectivity index (χ2n) is 6.23. The summed E-state index contributed by atoms with van der Waals surface area (Å²) >= 11 is 0. The second kappa shape index (κ2) is 7.23. The number of pyridine rings is 1. The molecule has 2 rings (SSSR count). The van der Waals surface area contributed by atoms with Gasteiger partial charge in [-0.25, -0.2) is 4.98 Å². The number of likely N-dealkylation sites (N-methyl/N-ethyl adjacent to an activating group) is 1. The SMILES string of the molecule is CCNC(c1cccnc1N)C(C)(CC)N1CCCCC1. The van der Waals surface area contributed by atoms with Crippen molar-refractivity contribution in [2.45, 2.75) is 58.0 Å². The van der Waals surface area contributed by atoms with Gasteiger partial charge in [0.05, 0.1) is 6.04 Å². The molecule has 0 aliphatic carbocycles. The maximum absolute atomic E-state index is 6.16. The van der Waals surface area contributed by atoms with Gasteiger partial charge in [-0.05, 0) is 51.9 Å². The first-order valence-electron chi connectivity index (χ1n) is 8.32. The molecule has 0 aromatic carbocycles. The molecular weight excluding hydrogens is 260 g/mol. The van der Waals surface area contributed by atoms with E-state index in [1.807, 2.05) is 6.07 Å². The minimum Gasteiger partial charge on any atom is -0.383 e. The fourth-order valence-electron chi connectivity index (χ4n) is 3.56. The Bertz CT molecular complexity index is 442. The molecule has 1 aliphatic rings. The lowest BCUT2D eigenvalue weighted by Crippen LogP contribution is -2.56. The van der Waals surface area contributed by atoms with Gasteiger partial charge in [0.15, 0.2) is 0 Å². The number of nitrogens with one attached hydrogen (secondary N) is 1. The molecule has 2 atom stereocenters. The molecule has 1 aliphatic heterocycles. The lowest BCUT2D eigenvalue weighted by atomic mass is 9.81. The number of nitrogens with zero attached hydrogens (tertiary/aromatic N) is 2. The lowest BCUT2D eigenvalue weighted by Gasteiger charge is -2.48. The molecule has 0 amide bonds. The molecule has 0 bridgehead atoms. The van der Waals surface area contributed by atoms with Gasteiger partial charge in [-0.1, -0.05) is 26.3 Å². The monoisotopic (exact) mass is 290 g/mol. The van der Waals surface area contributed by atoms with Crippen molar-refractivity contribution < 1.29 is 0 Å². The van der Waals surface area contributed by atoms with Crippen molar-refractivity contribution in [2.75, 3.05) is 25.4 Å². The molecule has 0 saturated carbocycles. The summed E-state index contributed by atoms with van der Waals surface area (Å²) < 4.78 is 0. The second-order valence-corrected chi connectivity index (χ2v) is 6.23. The number of piperidine rings is 1. The minimum atomic E-state index is 0.0770. The Balaban J connectivity index is 2.35. The first-order chi connectivity index (χ1) is 10.1. The number of nitrogen functional groups attached to an aromatic ring is 1. The van der Waals surface area contributed by atoms with Crippen LogP contribution in [-0.2, 0) is 0 Å². The van der Waals surface area contributed by atoms with Crippen molar-refractivity contribution in [3.8, 4) is 0 Å². The van der Waals surface area contributed by atoms with Crippen LogP contribution < -0.4 is 11.1 Å². The van der Waals surface area contributed by atoms with Gasteiger partial charge >= 0.3 is 0 Å². The highest BCUT2D eigenvalue weighted by atomic mass is 15.2. The minimum absolute atomic E-state index is 0.0770. The van der Waals surface area contributed by atoms with Crippen LogP contribution >= 0.6 is 0 Å². The van der Waals surface area contributed by atoms with E-state index in [4.69, 9.17) is 5.73 Å². The Kier molecular flexibility index (Phi) is 5.59. The zero-order chi connectivity index (χ0) is 15.3. The molecule has 1 saturated heterocycles. The molecular formula is C17H30N4. The van der Waals surface area contributed by atoms with Gasteiger partial charge in [0.25, 0.3) is 0 Å². The van der Waals surface area contributed by atoms with Crippen molar-refractivity contribution in [2.24, 2.45) is 0 Å². The highest BCUT2D eigenvalue weighted by Crippen LogP contribution is 2.37. The van der Waals surface area contributed by atoms with Crippen LogP contribution in [0, 0.1) is 0 Å². The number of anilines is 1. The molecule has 3 N–H and O–H groups in total. The van der Waals surface area contributed by atoms with Crippen LogP contribution in [0.4, 0.5) is 5.82 Å². The number of hydrogen-bond acceptors (Lipinski definition) is 4. The van der Waals surface area contributed by atoms with Crippen LogP contribution in [-0.4, -0.2) is 35.1 Å². The van der Waals surface area contributed by atoms with Crippen molar-refractivity contribution in [3.05, 3.63) is 23.9 Å². The van der Waals surface area contributed by atoms with E-state index in [1.54, 1.807) is 6.20 Å². The van der Waals surface area contributed by atoms with E-state index in [0.29, 0.717) is 5.82 Å². The Morgan fingerprint density at radius 2 is 2.05 bits per heavy atom. The fourth-order valence-corrected chi connectivity index (χ4v) is 3.56. The molecule has 1 fully saturated rings. The molecule has 1 aromatic heterocycles. The summed E-state index contributed by atoms with van der Waals surface area (Å²) in [5.41, 5.74) is 7.37. The lowest BCUT2D eigenvalue weighted by molar-refractivity contribution is 0.0430. The zero-order valence-corrected chi connectivity index (χ0v) is 13.7. The maximum Gasteiger partial charge on any atom is 0.128 e. The largest absolute Gasteiger partial charge is 0.383 e. The average Bonchev–Trinajstić information content (AvgIpc) is 2.53. The van der Waals surface area contributed by atoms with Crippen LogP contribution in [0.15, 0.2) is 18.3 Å². The molecule has 0 radical (unpaired) electrons. The summed E-state index contributed by atoms with van der Waals surface area (Å²) in [6, 6.07) is 4.33. The summed E-state index contributed by atoms with van der Waals surface area (Å²) in [5.74, 6) is 0.653. The van der Waals surface area contributed by atoms with Gasteiger partial charge in [0.2, 0.25) is 0 Å². The molecule has 21 heavy (non-hydrogen) atoms. The first-order valence-corrected chi connectivity index (χ1v) is 8.32. The quantitative estimate of drug-likeness (QED) is 0.846. The van der Waals surface area contributed by atoms with Gasteiger partial charge in [-0.3, -0.25) is 4.90 Å².